The van der Waals surface area contributed by atoms with E-state index < -0.39 is 41.4 Å². The average Bonchev–Trinajstić information content (AvgIpc) is 2.44. The van der Waals surface area contributed by atoms with Crippen molar-refractivity contribution >= 4 is 16.0 Å². The molecule has 9 heteroatoms. The van der Waals surface area contributed by atoms with Gasteiger partial charge in [-0.15, -0.1) is 0 Å². The first-order valence-corrected chi connectivity index (χ1v) is 7.40. The summed E-state index contributed by atoms with van der Waals surface area (Å²) in [4.78, 5) is 10.7. The maximum atomic E-state index is 12.2. The van der Waals surface area contributed by atoms with Gasteiger partial charge in [-0.2, -0.15) is 4.72 Å². The zero-order valence-corrected chi connectivity index (χ0v) is 12.1. The third-order valence-corrected chi connectivity index (χ3v) is 4.58. The minimum absolute atomic E-state index is 0.180. The van der Waals surface area contributed by atoms with Crippen molar-refractivity contribution in [1.82, 2.24) is 4.72 Å². The van der Waals surface area contributed by atoms with Gasteiger partial charge < -0.3 is 20.4 Å². The number of hydrogen-bond donors (Lipinski definition) is 5. The van der Waals surface area contributed by atoms with E-state index in [2.05, 4.69) is 0 Å². The third kappa shape index (κ3) is 3.77. The minimum Gasteiger partial charge on any atom is -0.478 e. The minimum atomic E-state index is -4.22. The highest BCUT2D eigenvalue weighted by Crippen LogP contribution is 2.17. The van der Waals surface area contributed by atoms with Gasteiger partial charge in [0.15, 0.2) is 0 Å². The molecular weight excluding hydrogens is 302 g/mol. The highest BCUT2D eigenvalue weighted by Gasteiger charge is 2.34. The SMILES string of the molecule is Cc1ccc(S(=O)(=O)NC(CO)(CO)CO)cc1C(=O)O. The van der Waals surface area contributed by atoms with Gasteiger partial charge in [0, 0.05) is 0 Å². The van der Waals surface area contributed by atoms with Crippen LogP contribution in [0.3, 0.4) is 0 Å². The monoisotopic (exact) mass is 319 g/mol. The number of carboxylic acids is 1. The molecule has 0 radical (unpaired) electrons. The molecule has 0 aliphatic heterocycles. The van der Waals surface area contributed by atoms with Crippen LogP contribution in [0.1, 0.15) is 15.9 Å². The van der Waals surface area contributed by atoms with Crippen molar-refractivity contribution in [3.8, 4) is 0 Å². The van der Waals surface area contributed by atoms with Crippen LogP contribution in [0, 0.1) is 6.92 Å². The van der Waals surface area contributed by atoms with Crippen LogP contribution in [0.4, 0.5) is 0 Å². The number of carboxylic acid groups (broad SMARTS) is 1. The van der Waals surface area contributed by atoms with Crippen LogP contribution in [-0.2, 0) is 10.0 Å². The molecule has 1 aromatic carbocycles. The highest BCUT2D eigenvalue weighted by molar-refractivity contribution is 7.89. The second kappa shape index (κ2) is 6.50. The lowest BCUT2D eigenvalue weighted by molar-refractivity contribution is 0.0581. The van der Waals surface area contributed by atoms with E-state index >= 15 is 0 Å². The van der Waals surface area contributed by atoms with Crippen molar-refractivity contribution in [1.29, 1.82) is 0 Å². The molecule has 0 atom stereocenters. The molecule has 0 aromatic heterocycles. The number of nitrogens with one attached hydrogen (secondary N) is 1. The Hall–Kier alpha value is -1.52. The van der Waals surface area contributed by atoms with Gasteiger partial charge >= 0.3 is 5.97 Å². The summed E-state index contributed by atoms with van der Waals surface area (Å²) in [6.07, 6.45) is 0. The summed E-state index contributed by atoms with van der Waals surface area (Å²) in [6, 6.07) is 3.49. The molecule has 21 heavy (non-hydrogen) atoms. The Balaban J connectivity index is 3.26. The first-order valence-electron chi connectivity index (χ1n) is 5.92. The van der Waals surface area contributed by atoms with Crippen molar-refractivity contribution < 1.29 is 33.6 Å². The molecule has 0 aliphatic rings. The first kappa shape index (κ1) is 17.5. The van der Waals surface area contributed by atoms with E-state index in [-0.39, 0.29) is 10.5 Å². The van der Waals surface area contributed by atoms with Crippen LogP contribution in [0.15, 0.2) is 23.1 Å². The van der Waals surface area contributed by atoms with E-state index in [1.54, 1.807) is 0 Å². The maximum absolute atomic E-state index is 12.2. The Labute approximate surface area is 121 Å². The second-order valence-electron chi connectivity index (χ2n) is 4.64. The predicted octanol–water partition coefficient (Wildman–Crippen LogP) is -1.31. The number of aryl methyl sites for hydroxylation is 1. The van der Waals surface area contributed by atoms with Gasteiger partial charge in [-0.3, -0.25) is 0 Å². The van der Waals surface area contributed by atoms with Gasteiger partial charge in [0.25, 0.3) is 0 Å². The molecule has 5 N–H and O–H groups in total. The lowest BCUT2D eigenvalue weighted by atomic mass is 10.1. The third-order valence-electron chi connectivity index (χ3n) is 3.01. The van der Waals surface area contributed by atoms with E-state index in [0.29, 0.717) is 5.56 Å². The quantitative estimate of drug-likeness (QED) is 0.419. The standard InChI is InChI=1S/C12H17NO7S/c1-8-2-3-9(4-10(8)11(17)18)21(19,20)13-12(5-14,6-15)7-16/h2-4,13-16H,5-7H2,1H3,(H,17,18). The van der Waals surface area contributed by atoms with E-state index in [9.17, 15) is 13.2 Å². The van der Waals surface area contributed by atoms with Crippen LogP contribution in [-0.4, -0.2) is 60.2 Å². The normalized spacial score (nSPS) is 12.4. The molecule has 0 bridgehead atoms. The van der Waals surface area contributed by atoms with Crippen LogP contribution >= 0.6 is 0 Å². The Kier molecular flexibility index (Phi) is 5.42. The van der Waals surface area contributed by atoms with Gasteiger partial charge in [0.1, 0.15) is 5.54 Å². The molecular formula is C12H17NO7S. The molecule has 0 unspecified atom stereocenters. The number of aliphatic hydroxyl groups is 3. The Morgan fingerprint density at radius 3 is 2.14 bits per heavy atom. The number of sulfonamides is 1. The summed E-state index contributed by atoms with van der Waals surface area (Å²) >= 11 is 0. The fourth-order valence-corrected chi connectivity index (χ4v) is 2.99. The van der Waals surface area contributed by atoms with Gasteiger partial charge in [0.05, 0.1) is 30.3 Å². The molecule has 0 aliphatic carbocycles. The molecule has 0 saturated heterocycles. The van der Waals surface area contributed by atoms with Gasteiger partial charge in [-0.25, -0.2) is 13.2 Å². The van der Waals surface area contributed by atoms with E-state index in [1.807, 2.05) is 4.72 Å². The number of carbonyl (C=O) groups is 1. The highest BCUT2D eigenvalue weighted by atomic mass is 32.2. The van der Waals surface area contributed by atoms with Crippen molar-refractivity contribution in [3.05, 3.63) is 29.3 Å². The fraction of sp³-hybridized carbons (Fsp3) is 0.417. The van der Waals surface area contributed by atoms with Gasteiger partial charge in [-0.05, 0) is 24.6 Å². The molecule has 1 aromatic rings. The number of rotatable bonds is 7. The fourth-order valence-electron chi connectivity index (χ4n) is 1.59. The molecule has 1 rings (SSSR count). The molecule has 0 heterocycles. The van der Waals surface area contributed by atoms with Crippen molar-refractivity contribution in [2.45, 2.75) is 17.4 Å². The van der Waals surface area contributed by atoms with Crippen LogP contribution in [0.25, 0.3) is 0 Å². The lowest BCUT2D eigenvalue weighted by Gasteiger charge is -2.28. The topological polar surface area (TPSA) is 144 Å². The summed E-state index contributed by atoms with van der Waals surface area (Å²) in [5, 5.41) is 36.4. The molecule has 0 saturated carbocycles. The molecule has 0 fully saturated rings. The second-order valence-corrected chi connectivity index (χ2v) is 6.32. The summed E-state index contributed by atoms with van der Waals surface area (Å²) < 4.78 is 26.3. The van der Waals surface area contributed by atoms with E-state index in [1.165, 1.54) is 19.1 Å². The van der Waals surface area contributed by atoms with E-state index in [4.69, 9.17) is 20.4 Å². The number of aliphatic hydroxyl groups excluding tert-OH is 3. The molecule has 0 spiro atoms. The van der Waals surface area contributed by atoms with Crippen LogP contribution < -0.4 is 4.72 Å². The first-order chi connectivity index (χ1) is 9.71. The lowest BCUT2D eigenvalue weighted by Crippen LogP contribution is -2.56. The van der Waals surface area contributed by atoms with Crippen LogP contribution in [0.5, 0.6) is 0 Å². The summed E-state index contributed by atoms with van der Waals surface area (Å²) in [7, 11) is -4.22. The number of hydrogen-bond acceptors (Lipinski definition) is 6. The summed E-state index contributed by atoms with van der Waals surface area (Å²) in [5.74, 6) is -1.28. The summed E-state index contributed by atoms with van der Waals surface area (Å²) in [6.45, 7) is -0.947. The Morgan fingerprint density at radius 1 is 1.19 bits per heavy atom. The van der Waals surface area contributed by atoms with Crippen molar-refractivity contribution in [2.24, 2.45) is 0 Å². The zero-order chi connectivity index (χ0) is 16.3. The van der Waals surface area contributed by atoms with Crippen molar-refractivity contribution in [3.63, 3.8) is 0 Å². The maximum Gasteiger partial charge on any atom is 0.335 e. The van der Waals surface area contributed by atoms with Crippen molar-refractivity contribution in [2.75, 3.05) is 19.8 Å². The number of aromatic carboxylic acids is 1. The zero-order valence-electron chi connectivity index (χ0n) is 11.3. The van der Waals surface area contributed by atoms with E-state index in [0.717, 1.165) is 6.07 Å². The molecule has 118 valence electrons. The smallest absolute Gasteiger partial charge is 0.335 e. The molecule has 8 nitrogen and oxygen atoms in total. The largest absolute Gasteiger partial charge is 0.478 e. The summed E-state index contributed by atoms with van der Waals surface area (Å²) in [5.41, 5.74) is -1.62. The molecule has 0 amide bonds. The Bertz CT molecular complexity index is 614. The van der Waals surface area contributed by atoms with Gasteiger partial charge in [-0.1, -0.05) is 6.07 Å². The number of benzene rings is 1. The Morgan fingerprint density at radius 2 is 1.71 bits per heavy atom. The van der Waals surface area contributed by atoms with Crippen LogP contribution in [0.2, 0.25) is 0 Å². The van der Waals surface area contributed by atoms with Gasteiger partial charge in [0.2, 0.25) is 10.0 Å². The average molecular weight is 319 g/mol. The predicted molar refractivity (Wildman–Crippen MR) is 72.4 cm³/mol.